The van der Waals surface area contributed by atoms with Crippen molar-refractivity contribution in [2.75, 3.05) is 6.54 Å². The van der Waals surface area contributed by atoms with Crippen LogP contribution in [-0.4, -0.2) is 36.5 Å². The molecule has 0 bridgehead atoms. The van der Waals surface area contributed by atoms with Crippen molar-refractivity contribution < 1.29 is 18.0 Å². The number of hydrogen-bond donors (Lipinski definition) is 2. The van der Waals surface area contributed by atoms with Crippen molar-refractivity contribution in [3.8, 4) is 0 Å². The molecule has 0 saturated carbocycles. The van der Waals surface area contributed by atoms with Crippen LogP contribution in [0.3, 0.4) is 0 Å². The number of ketones is 1. The Morgan fingerprint density at radius 1 is 0.943 bits per heavy atom. The third-order valence-electron chi connectivity index (χ3n) is 6.41. The van der Waals surface area contributed by atoms with Gasteiger partial charge in [0.1, 0.15) is 0 Å². The average molecular weight is 488 g/mol. The van der Waals surface area contributed by atoms with Gasteiger partial charge in [0, 0.05) is 59.3 Å². The molecule has 0 fully saturated rings. The van der Waals surface area contributed by atoms with Crippen LogP contribution in [-0.2, 0) is 29.5 Å². The number of para-hydroxylation sites is 1. The molecule has 1 amide bonds. The molecule has 0 unspecified atom stereocenters. The lowest BCUT2D eigenvalue weighted by atomic mass is 10.0. The lowest BCUT2D eigenvalue weighted by Gasteiger charge is -2.27. The van der Waals surface area contributed by atoms with Crippen LogP contribution in [0.25, 0.3) is 10.9 Å². The number of Topliss-reactive ketones (excluding diaryl/α,β-unsaturated/α-hetero) is 1. The van der Waals surface area contributed by atoms with Crippen molar-refractivity contribution in [3.63, 3.8) is 0 Å². The maximum absolute atomic E-state index is 13.1. The molecule has 0 spiro atoms. The van der Waals surface area contributed by atoms with Gasteiger partial charge in [-0.05, 0) is 42.8 Å². The van der Waals surface area contributed by atoms with Crippen LogP contribution in [0.5, 0.6) is 0 Å². The largest absolute Gasteiger partial charge is 0.358 e. The fourth-order valence-electron chi connectivity index (χ4n) is 4.42. The Balaban J connectivity index is 1.24. The molecule has 2 N–H and O–H groups in total. The van der Waals surface area contributed by atoms with E-state index in [1.807, 2.05) is 23.1 Å². The van der Waals surface area contributed by atoms with Gasteiger partial charge in [-0.15, -0.1) is 0 Å². The molecule has 8 heteroatoms. The zero-order chi connectivity index (χ0) is 24.6. The summed E-state index contributed by atoms with van der Waals surface area (Å²) < 4.78 is 27.7. The van der Waals surface area contributed by atoms with E-state index in [1.165, 1.54) is 42.4 Å². The van der Waals surface area contributed by atoms with Crippen molar-refractivity contribution in [1.29, 1.82) is 0 Å². The first-order valence-corrected chi connectivity index (χ1v) is 12.9. The van der Waals surface area contributed by atoms with Gasteiger partial charge < -0.3 is 9.88 Å². The highest BCUT2D eigenvalue weighted by atomic mass is 32.2. The fourth-order valence-corrected chi connectivity index (χ4v) is 5.44. The van der Waals surface area contributed by atoms with Gasteiger partial charge in [-0.25, -0.2) is 13.1 Å². The smallest absolute Gasteiger partial charge is 0.254 e. The van der Waals surface area contributed by atoms with Crippen LogP contribution in [0.1, 0.15) is 44.5 Å². The van der Waals surface area contributed by atoms with Crippen LogP contribution in [0, 0.1) is 0 Å². The number of aromatic amines is 1. The first-order chi connectivity index (χ1) is 16.8. The molecule has 5 rings (SSSR count). The van der Waals surface area contributed by atoms with E-state index in [0.717, 1.165) is 22.9 Å². The van der Waals surface area contributed by atoms with Gasteiger partial charge in [0.15, 0.2) is 5.78 Å². The highest BCUT2D eigenvalue weighted by Crippen LogP contribution is 2.28. The van der Waals surface area contributed by atoms with E-state index in [1.54, 1.807) is 24.3 Å². The Hall–Kier alpha value is -3.75. The van der Waals surface area contributed by atoms with Crippen molar-refractivity contribution in [2.24, 2.45) is 0 Å². The van der Waals surface area contributed by atoms with E-state index in [0.29, 0.717) is 24.2 Å². The van der Waals surface area contributed by atoms with Gasteiger partial charge in [-0.2, -0.15) is 0 Å². The summed E-state index contributed by atoms with van der Waals surface area (Å²) in [5, 5.41) is 1.15. The number of H-pyrrole nitrogens is 1. The number of amides is 1. The van der Waals surface area contributed by atoms with Gasteiger partial charge >= 0.3 is 0 Å². The maximum Gasteiger partial charge on any atom is 0.254 e. The Kier molecular flexibility index (Phi) is 6.00. The summed E-state index contributed by atoms with van der Waals surface area (Å²) in [6, 6.07) is 20.9. The molecular weight excluding hydrogens is 462 g/mol. The monoisotopic (exact) mass is 487 g/mol. The molecule has 2 heterocycles. The minimum atomic E-state index is -3.72. The van der Waals surface area contributed by atoms with Gasteiger partial charge in [-0.1, -0.05) is 42.5 Å². The molecule has 3 aromatic carbocycles. The van der Waals surface area contributed by atoms with Gasteiger partial charge in [0.05, 0.1) is 4.90 Å². The molecule has 0 atom stereocenters. The molecule has 1 aliphatic heterocycles. The highest BCUT2D eigenvalue weighted by molar-refractivity contribution is 7.89. The third kappa shape index (κ3) is 4.62. The number of fused-ring (bicyclic) bond motifs is 3. The van der Waals surface area contributed by atoms with E-state index >= 15 is 0 Å². The second kappa shape index (κ2) is 9.13. The summed E-state index contributed by atoms with van der Waals surface area (Å²) in [6.45, 7) is 2.72. The summed E-state index contributed by atoms with van der Waals surface area (Å²) in [5.74, 6) is -0.165. The topological polar surface area (TPSA) is 99.3 Å². The van der Waals surface area contributed by atoms with Crippen LogP contribution in [0.2, 0.25) is 0 Å². The first-order valence-electron chi connectivity index (χ1n) is 11.4. The van der Waals surface area contributed by atoms with E-state index in [4.69, 9.17) is 0 Å². The van der Waals surface area contributed by atoms with Crippen LogP contribution in [0.4, 0.5) is 0 Å². The zero-order valence-electron chi connectivity index (χ0n) is 19.2. The zero-order valence-corrected chi connectivity index (χ0v) is 20.1. The van der Waals surface area contributed by atoms with Gasteiger partial charge in [0.2, 0.25) is 10.0 Å². The maximum atomic E-state index is 13.1. The summed E-state index contributed by atoms with van der Waals surface area (Å²) in [6.07, 6.45) is 0.781. The number of sulfonamides is 1. The molecule has 4 aromatic rings. The summed E-state index contributed by atoms with van der Waals surface area (Å²) >= 11 is 0. The van der Waals surface area contributed by atoms with Crippen molar-refractivity contribution in [2.45, 2.75) is 31.3 Å². The molecule has 178 valence electrons. The number of nitrogens with one attached hydrogen (secondary N) is 2. The molecule has 1 aliphatic rings. The molecule has 1 aromatic heterocycles. The summed E-state index contributed by atoms with van der Waals surface area (Å²) in [4.78, 5) is 29.9. The second-order valence-electron chi connectivity index (χ2n) is 8.71. The predicted octanol–water partition coefficient (Wildman–Crippen LogP) is 4.05. The first kappa shape index (κ1) is 23.0. The summed E-state index contributed by atoms with van der Waals surface area (Å²) in [7, 11) is -3.72. The van der Waals surface area contributed by atoms with Gasteiger partial charge in [0.25, 0.3) is 5.91 Å². The molecule has 7 nitrogen and oxygen atoms in total. The minimum Gasteiger partial charge on any atom is -0.358 e. The number of rotatable bonds is 6. The number of nitrogens with zero attached hydrogens (tertiary/aromatic N) is 1. The number of aromatic nitrogens is 1. The van der Waals surface area contributed by atoms with Crippen LogP contribution in [0.15, 0.2) is 77.7 Å². The lowest BCUT2D eigenvalue weighted by Crippen LogP contribution is -2.35. The molecule has 35 heavy (non-hydrogen) atoms. The fraction of sp³-hybridized carbons (Fsp3) is 0.185. The molecular formula is C27H25N3O4S. The van der Waals surface area contributed by atoms with Crippen LogP contribution < -0.4 is 4.72 Å². The van der Waals surface area contributed by atoms with Crippen LogP contribution >= 0.6 is 0 Å². The number of carbonyl (C=O) groups is 2. The molecule has 0 radical (unpaired) electrons. The van der Waals surface area contributed by atoms with E-state index in [2.05, 4.69) is 15.8 Å². The SMILES string of the molecule is CC(=O)c1ccc(S(=O)(=O)NCc2ccc(C(=O)N3CCc4[nH]c5ccccc5c4C3)cc2)cc1. The number of benzene rings is 3. The van der Waals surface area contributed by atoms with Gasteiger partial charge in [-0.3, -0.25) is 9.59 Å². The third-order valence-corrected chi connectivity index (χ3v) is 7.83. The Labute approximate surface area is 203 Å². The number of carbonyl (C=O) groups excluding carboxylic acids is 2. The minimum absolute atomic E-state index is 0.0429. The van der Waals surface area contributed by atoms with Crippen molar-refractivity contribution in [1.82, 2.24) is 14.6 Å². The molecule has 0 saturated heterocycles. The second-order valence-corrected chi connectivity index (χ2v) is 10.5. The average Bonchev–Trinajstić information content (AvgIpc) is 3.25. The number of hydrogen-bond acceptors (Lipinski definition) is 4. The lowest BCUT2D eigenvalue weighted by molar-refractivity contribution is 0.0735. The highest BCUT2D eigenvalue weighted by Gasteiger charge is 2.24. The van der Waals surface area contributed by atoms with Crippen molar-refractivity contribution >= 4 is 32.6 Å². The Bertz CT molecular complexity index is 1520. The quantitative estimate of drug-likeness (QED) is 0.401. The van der Waals surface area contributed by atoms with Crippen molar-refractivity contribution in [3.05, 3.63) is 101 Å². The van der Waals surface area contributed by atoms with E-state index in [-0.39, 0.29) is 23.1 Å². The van der Waals surface area contributed by atoms with E-state index < -0.39 is 10.0 Å². The van der Waals surface area contributed by atoms with E-state index in [9.17, 15) is 18.0 Å². The Morgan fingerprint density at radius 2 is 1.63 bits per heavy atom. The normalized spacial score (nSPS) is 13.6. The summed E-state index contributed by atoms with van der Waals surface area (Å²) in [5.41, 5.74) is 5.21. The predicted molar refractivity (Wildman–Crippen MR) is 134 cm³/mol. The Morgan fingerprint density at radius 3 is 2.34 bits per heavy atom. The molecule has 0 aliphatic carbocycles. The standard InChI is InChI=1S/C27H25N3O4S/c1-18(31)20-10-12-22(13-11-20)35(33,34)28-16-19-6-8-21(9-7-19)27(32)30-15-14-26-24(17-30)23-4-2-3-5-25(23)29-26/h2-13,28-29H,14-17H2,1H3.